The maximum atomic E-state index is 12.6. The van der Waals surface area contributed by atoms with Crippen LogP contribution in [0.4, 0.5) is 5.69 Å². The first kappa shape index (κ1) is 14.6. The minimum atomic E-state index is -3.56. The highest BCUT2D eigenvalue weighted by atomic mass is 32.2. The minimum absolute atomic E-state index is 0.195. The van der Waals surface area contributed by atoms with Crippen LogP contribution in [-0.4, -0.2) is 28.4 Å². The van der Waals surface area contributed by atoms with Crippen molar-refractivity contribution in [1.82, 2.24) is 5.32 Å². The number of nitrogens with zero attached hydrogens (tertiary/aromatic N) is 1. The van der Waals surface area contributed by atoms with Gasteiger partial charge in [-0.05, 0) is 30.7 Å². The zero-order valence-corrected chi connectivity index (χ0v) is 13.4. The summed E-state index contributed by atoms with van der Waals surface area (Å²) in [4.78, 5) is 12.2. The van der Waals surface area contributed by atoms with E-state index in [0.717, 1.165) is 11.1 Å². The molecule has 0 atom stereocenters. The van der Waals surface area contributed by atoms with Crippen LogP contribution in [0.2, 0.25) is 0 Å². The number of fused-ring (bicyclic) bond motifs is 3. The molecule has 0 fully saturated rings. The molecule has 0 bridgehead atoms. The van der Waals surface area contributed by atoms with E-state index in [1.807, 2.05) is 6.92 Å². The van der Waals surface area contributed by atoms with Crippen LogP contribution in [-0.2, 0) is 10.0 Å². The standard InChI is InChI=1S/C16H16N2O3S/c1-10-8-11(16(19)17-2)9-13-12-6-4-5-7-14(12)22(20,21)18(3)15(10)13/h4-9H,1-3H3,(H,17,19). The maximum absolute atomic E-state index is 12.6. The van der Waals surface area contributed by atoms with E-state index in [1.165, 1.54) is 11.4 Å². The summed E-state index contributed by atoms with van der Waals surface area (Å²) in [6.45, 7) is 1.81. The lowest BCUT2D eigenvalue weighted by molar-refractivity contribution is 0.0963. The molecule has 0 saturated carbocycles. The summed E-state index contributed by atoms with van der Waals surface area (Å²) in [6, 6.07) is 10.3. The fourth-order valence-electron chi connectivity index (χ4n) is 2.86. The Balaban J connectivity index is 2.39. The lowest BCUT2D eigenvalue weighted by atomic mass is 9.96. The largest absolute Gasteiger partial charge is 0.355 e. The zero-order chi connectivity index (χ0) is 16.1. The lowest BCUT2D eigenvalue weighted by Gasteiger charge is -2.31. The average Bonchev–Trinajstić information content (AvgIpc) is 2.51. The smallest absolute Gasteiger partial charge is 0.264 e. The summed E-state index contributed by atoms with van der Waals surface area (Å²) >= 11 is 0. The van der Waals surface area contributed by atoms with E-state index in [1.54, 1.807) is 43.4 Å². The first-order valence-corrected chi connectivity index (χ1v) is 8.27. The van der Waals surface area contributed by atoms with Gasteiger partial charge in [-0.25, -0.2) is 8.42 Å². The van der Waals surface area contributed by atoms with Crippen molar-refractivity contribution in [2.45, 2.75) is 11.8 Å². The topological polar surface area (TPSA) is 66.5 Å². The molecule has 22 heavy (non-hydrogen) atoms. The molecule has 1 amide bonds. The molecule has 0 radical (unpaired) electrons. The summed E-state index contributed by atoms with van der Waals surface area (Å²) in [7, 11) is -0.453. The molecule has 114 valence electrons. The average molecular weight is 316 g/mol. The SMILES string of the molecule is CNC(=O)c1cc(C)c2c(c1)-c1ccccc1S(=O)(=O)N2C. The number of sulfonamides is 1. The predicted octanol–water partition coefficient (Wildman–Crippen LogP) is 2.16. The van der Waals surface area contributed by atoms with Crippen molar-refractivity contribution in [3.63, 3.8) is 0 Å². The minimum Gasteiger partial charge on any atom is -0.355 e. The third-order valence-corrected chi connectivity index (χ3v) is 5.74. The van der Waals surface area contributed by atoms with Crippen LogP contribution in [0.25, 0.3) is 11.1 Å². The highest BCUT2D eigenvalue weighted by molar-refractivity contribution is 7.93. The molecule has 0 saturated heterocycles. The van der Waals surface area contributed by atoms with Crippen molar-refractivity contribution >= 4 is 21.6 Å². The number of anilines is 1. The fraction of sp³-hybridized carbons (Fsp3) is 0.188. The van der Waals surface area contributed by atoms with Crippen LogP contribution in [0.3, 0.4) is 0 Å². The van der Waals surface area contributed by atoms with Crippen LogP contribution < -0.4 is 9.62 Å². The van der Waals surface area contributed by atoms with Gasteiger partial charge in [-0.2, -0.15) is 0 Å². The fourth-order valence-corrected chi connectivity index (χ4v) is 4.34. The highest BCUT2D eigenvalue weighted by Gasteiger charge is 2.33. The van der Waals surface area contributed by atoms with Gasteiger partial charge in [0.15, 0.2) is 0 Å². The second-order valence-corrected chi connectivity index (χ2v) is 7.17. The van der Waals surface area contributed by atoms with Gasteiger partial charge in [0.05, 0.1) is 10.6 Å². The molecule has 0 aromatic heterocycles. The number of aryl methyl sites for hydroxylation is 1. The summed E-state index contributed by atoms with van der Waals surface area (Å²) in [5.74, 6) is -0.195. The highest BCUT2D eigenvalue weighted by Crippen LogP contribution is 2.44. The first-order valence-electron chi connectivity index (χ1n) is 6.83. The van der Waals surface area contributed by atoms with Gasteiger partial charge < -0.3 is 5.32 Å². The van der Waals surface area contributed by atoms with E-state index >= 15 is 0 Å². The Morgan fingerprint density at radius 3 is 2.50 bits per heavy atom. The Morgan fingerprint density at radius 1 is 1.14 bits per heavy atom. The van der Waals surface area contributed by atoms with Crippen molar-refractivity contribution in [2.75, 3.05) is 18.4 Å². The first-order chi connectivity index (χ1) is 10.4. The van der Waals surface area contributed by atoms with Crippen molar-refractivity contribution in [1.29, 1.82) is 0 Å². The molecule has 1 aliphatic heterocycles. The third kappa shape index (κ3) is 1.91. The van der Waals surface area contributed by atoms with E-state index in [9.17, 15) is 13.2 Å². The zero-order valence-electron chi connectivity index (χ0n) is 12.5. The van der Waals surface area contributed by atoms with E-state index < -0.39 is 10.0 Å². The van der Waals surface area contributed by atoms with Crippen molar-refractivity contribution in [3.05, 3.63) is 47.5 Å². The molecular weight excluding hydrogens is 300 g/mol. The van der Waals surface area contributed by atoms with Gasteiger partial charge in [0.1, 0.15) is 0 Å². The second-order valence-electron chi connectivity index (χ2n) is 5.24. The summed E-state index contributed by atoms with van der Waals surface area (Å²) in [5.41, 5.74) is 3.26. The lowest BCUT2D eigenvalue weighted by Crippen LogP contribution is -2.31. The molecule has 0 aliphatic carbocycles. The molecule has 1 heterocycles. The predicted molar refractivity (Wildman–Crippen MR) is 85.6 cm³/mol. The number of benzene rings is 2. The quantitative estimate of drug-likeness (QED) is 0.877. The molecule has 1 N–H and O–H groups in total. The second kappa shape index (κ2) is 4.84. The number of carbonyl (C=O) groups is 1. The number of hydrogen-bond donors (Lipinski definition) is 1. The number of nitrogens with one attached hydrogen (secondary N) is 1. The molecule has 0 unspecified atom stereocenters. The summed E-state index contributed by atoms with van der Waals surface area (Å²) < 4.78 is 26.6. The van der Waals surface area contributed by atoms with Crippen molar-refractivity contribution < 1.29 is 13.2 Å². The number of amides is 1. The van der Waals surface area contributed by atoms with Crippen LogP contribution in [0.5, 0.6) is 0 Å². The Bertz CT molecular complexity index is 888. The van der Waals surface area contributed by atoms with E-state index in [2.05, 4.69) is 5.32 Å². The van der Waals surface area contributed by atoms with Gasteiger partial charge in [0, 0.05) is 30.8 Å². The van der Waals surface area contributed by atoms with Gasteiger partial charge in [0.2, 0.25) is 0 Å². The van der Waals surface area contributed by atoms with Crippen LogP contribution >= 0.6 is 0 Å². The maximum Gasteiger partial charge on any atom is 0.264 e. The van der Waals surface area contributed by atoms with Crippen LogP contribution in [0, 0.1) is 6.92 Å². The van der Waals surface area contributed by atoms with Crippen LogP contribution in [0.15, 0.2) is 41.3 Å². The van der Waals surface area contributed by atoms with Gasteiger partial charge in [0.25, 0.3) is 15.9 Å². The normalized spacial score (nSPS) is 15.0. The Kier molecular flexibility index (Phi) is 3.21. The number of hydrogen-bond acceptors (Lipinski definition) is 3. The van der Waals surface area contributed by atoms with Gasteiger partial charge >= 0.3 is 0 Å². The number of carbonyl (C=O) groups excluding carboxylic acids is 1. The Hall–Kier alpha value is -2.34. The molecule has 3 rings (SSSR count). The van der Waals surface area contributed by atoms with E-state index in [-0.39, 0.29) is 10.8 Å². The molecule has 0 spiro atoms. The van der Waals surface area contributed by atoms with Gasteiger partial charge in [-0.3, -0.25) is 9.10 Å². The van der Waals surface area contributed by atoms with Gasteiger partial charge in [-0.15, -0.1) is 0 Å². The molecule has 2 aromatic rings. The van der Waals surface area contributed by atoms with Crippen LogP contribution in [0.1, 0.15) is 15.9 Å². The Morgan fingerprint density at radius 2 is 1.82 bits per heavy atom. The Labute approximate surface area is 129 Å². The van der Waals surface area contributed by atoms with Gasteiger partial charge in [-0.1, -0.05) is 18.2 Å². The van der Waals surface area contributed by atoms with E-state index in [4.69, 9.17) is 0 Å². The summed E-state index contributed by atoms with van der Waals surface area (Å²) in [6.07, 6.45) is 0. The van der Waals surface area contributed by atoms with Crippen molar-refractivity contribution in [2.24, 2.45) is 0 Å². The number of rotatable bonds is 1. The monoisotopic (exact) mass is 316 g/mol. The molecule has 6 heteroatoms. The third-order valence-electron chi connectivity index (χ3n) is 3.92. The van der Waals surface area contributed by atoms with Crippen molar-refractivity contribution in [3.8, 4) is 11.1 Å². The van der Waals surface area contributed by atoms with E-state index in [0.29, 0.717) is 16.8 Å². The molecule has 2 aromatic carbocycles. The molecule has 5 nitrogen and oxygen atoms in total. The summed E-state index contributed by atoms with van der Waals surface area (Å²) in [5, 5.41) is 2.60. The molecule has 1 aliphatic rings. The molecular formula is C16H16N2O3S.